The number of benzene rings is 1. The first-order valence-electron chi connectivity index (χ1n) is 17.6. The molecule has 260 valence electrons. The van der Waals surface area contributed by atoms with Crippen LogP contribution >= 0.6 is 7.60 Å². The summed E-state index contributed by atoms with van der Waals surface area (Å²) in [5.41, 5.74) is 0.492. The van der Waals surface area contributed by atoms with Crippen molar-refractivity contribution < 1.29 is 38.2 Å². The molecule has 0 fully saturated rings. The summed E-state index contributed by atoms with van der Waals surface area (Å²) in [5.74, 6) is -3.36. The fourth-order valence-corrected chi connectivity index (χ4v) is 6.55. The number of hydrogen-bond donors (Lipinski definition) is 3. The Morgan fingerprint density at radius 2 is 1.13 bits per heavy atom. The first-order valence-corrected chi connectivity index (χ1v) is 19.2. The van der Waals surface area contributed by atoms with Crippen LogP contribution < -0.4 is 5.32 Å². The van der Waals surface area contributed by atoms with Crippen molar-refractivity contribution in [3.63, 3.8) is 0 Å². The molecule has 0 radical (unpaired) electrons. The normalized spacial score (nSPS) is 14.8. The number of carbonyl (C=O) groups excluding carboxylic acids is 2. The number of nitrogens with one attached hydrogen (secondary N) is 1. The highest BCUT2D eigenvalue weighted by atomic mass is 31.2. The van der Waals surface area contributed by atoms with Gasteiger partial charge in [0.25, 0.3) is 0 Å². The van der Waals surface area contributed by atoms with Gasteiger partial charge in [-0.05, 0) is 31.4 Å². The van der Waals surface area contributed by atoms with Gasteiger partial charge < -0.3 is 19.5 Å². The van der Waals surface area contributed by atoms with E-state index < -0.39 is 37.5 Å². The van der Waals surface area contributed by atoms with E-state index in [9.17, 15) is 24.2 Å². The van der Waals surface area contributed by atoms with Crippen LogP contribution in [0.2, 0.25) is 0 Å². The number of hydrogen-bond acceptors (Lipinski definition) is 8. The summed E-state index contributed by atoms with van der Waals surface area (Å²) in [7, 11) is -4.67. The van der Waals surface area contributed by atoms with Crippen molar-refractivity contribution in [2.45, 2.75) is 154 Å². The maximum absolute atomic E-state index is 13.7. The molecule has 0 spiro atoms. The van der Waals surface area contributed by atoms with E-state index in [-0.39, 0.29) is 13.2 Å². The molecule has 1 rings (SSSR count). The molecule has 1 aromatic carbocycles. The average molecular weight is 656 g/mol. The molecule has 0 aliphatic heterocycles. The van der Waals surface area contributed by atoms with Crippen LogP contribution in [0.5, 0.6) is 0 Å². The fraction of sp³-hybridized carbons (Fsp3) is 0.771. The molecule has 9 nitrogen and oxygen atoms in total. The maximum atomic E-state index is 13.7. The average Bonchev–Trinajstić information content (AvgIpc) is 3.03. The van der Waals surface area contributed by atoms with Crippen LogP contribution in [0.4, 0.5) is 0 Å². The maximum Gasteiger partial charge on any atom is 0.350 e. The fourth-order valence-electron chi connectivity index (χ4n) is 4.99. The Morgan fingerprint density at radius 3 is 1.62 bits per heavy atom. The summed E-state index contributed by atoms with van der Waals surface area (Å²) < 4.78 is 29.4. The zero-order chi connectivity index (χ0) is 33.2. The second-order valence-corrected chi connectivity index (χ2v) is 13.8. The zero-order valence-electron chi connectivity index (χ0n) is 28.3. The van der Waals surface area contributed by atoms with E-state index in [0.29, 0.717) is 24.9 Å². The van der Waals surface area contributed by atoms with Crippen molar-refractivity contribution in [1.29, 1.82) is 0 Å². The molecule has 2 unspecified atom stereocenters. The zero-order valence-corrected chi connectivity index (χ0v) is 29.2. The molecular weight excluding hydrogens is 593 g/mol. The minimum atomic E-state index is -4.67. The van der Waals surface area contributed by atoms with Crippen LogP contribution in [-0.2, 0) is 28.2 Å². The van der Waals surface area contributed by atoms with Crippen LogP contribution in [0.3, 0.4) is 0 Å². The van der Waals surface area contributed by atoms with Crippen molar-refractivity contribution in [2.24, 2.45) is 0 Å². The van der Waals surface area contributed by atoms with Crippen LogP contribution in [0.25, 0.3) is 0 Å². The molecule has 4 atom stereocenters. The lowest BCUT2D eigenvalue weighted by atomic mass is 10.0. The second-order valence-electron chi connectivity index (χ2n) is 11.9. The highest BCUT2D eigenvalue weighted by Gasteiger charge is 2.44. The van der Waals surface area contributed by atoms with Crippen molar-refractivity contribution >= 4 is 19.5 Å². The lowest BCUT2D eigenvalue weighted by Gasteiger charge is -2.28. The lowest BCUT2D eigenvalue weighted by molar-refractivity contribution is -0.171. The second kappa shape index (κ2) is 26.3. The summed E-state index contributed by atoms with van der Waals surface area (Å²) in [4.78, 5) is 36.6. The van der Waals surface area contributed by atoms with Gasteiger partial charge in [0.1, 0.15) is 5.78 Å². The number of unbranched alkanes of at least 4 members (excludes halogenated alkanes) is 15. The van der Waals surface area contributed by atoms with Crippen molar-refractivity contribution in [3.05, 3.63) is 35.9 Å². The van der Waals surface area contributed by atoms with Crippen molar-refractivity contribution in [3.8, 4) is 0 Å². The van der Waals surface area contributed by atoms with Gasteiger partial charge in [0.05, 0.1) is 13.2 Å². The predicted octanol–water partition coefficient (Wildman–Crippen LogP) is 8.37. The minimum Gasteiger partial charge on any atom is -0.464 e. The first kappa shape index (κ1) is 41.3. The van der Waals surface area contributed by atoms with Gasteiger partial charge in [-0.3, -0.25) is 14.4 Å². The topological polar surface area (TPSA) is 131 Å². The molecule has 0 aromatic heterocycles. The third-order valence-corrected chi connectivity index (χ3v) is 9.48. The quantitative estimate of drug-likeness (QED) is 0.0442. The number of aliphatic hydroxyl groups is 1. The summed E-state index contributed by atoms with van der Waals surface area (Å²) in [6.45, 7) is 6.61. The number of rotatable bonds is 29. The van der Waals surface area contributed by atoms with E-state index >= 15 is 0 Å². The van der Waals surface area contributed by atoms with E-state index in [0.717, 1.165) is 32.1 Å². The van der Waals surface area contributed by atoms with Gasteiger partial charge in [0, 0.05) is 0 Å². The molecule has 1 aromatic rings. The lowest BCUT2D eigenvalue weighted by Crippen LogP contribution is -2.44. The Balaban J connectivity index is 2.68. The molecule has 0 saturated heterocycles. The Bertz CT molecular complexity index is 931. The number of carbonyl (C=O) groups is 2. The molecule has 0 amide bonds. The predicted molar refractivity (Wildman–Crippen MR) is 180 cm³/mol. The van der Waals surface area contributed by atoms with E-state index in [1.54, 1.807) is 30.3 Å². The number of aliphatic hydroxyl groups excluding tert-OH is 1. The molecule has 0 bridgehead atoms. The Kier molecular flexibility index (Phi) is 24.1. The molecule has 10 heteroatoms. The standard InChI is InChI=1S/C35H62NO8P/c1-4-7-10-11-12-13-14-15-16-17-18-19-20-24-27-36-33(30-25-22-21-23-26-30)45(40,41)44-32(35(39)43-29-9-6-3)31(37)34(38)42-28-8-5-2/h21-23,25-26,31-33,36-37H,4-20,24,27-29H2,1-3H3,(H,40,41)/t31-,32-,33?/m1/s1. The third kappa shape index (κ3) is 18.8. The van der Waals surface area contributed by atoms with Gasteiger partial charge in [0.2, 0.25) is 6.10 Å². The van der Waals surface area contributed by atoms with Crippen LogP contribution in [0, 0.1) is 0 Å². The first-order chi connectivity index (χ1) is 21.8. The molecule has 0 aliphatic carbocycles. The van der Waals surface area contributed by atoms with E-state index in [1.807, 2.05) is 13.8 Å². The van der Waals surface area contributed by atoms with Crippen LogP contribution in [0.1, 0.15) is 148 Å². The van der Waals surface area contributed by atoms with Crippen LogP contribution in [0.15, 0.2) is 30.3 Å². The third-order valence-electron chi connectivity index (χ3n) is 7.82. The summed E-state index contributed by atoms with van der Waals surface area (Å²) in [6.07, 6.45) is 15.8. The summed E-state index contributed by atoms with van der Waals surface area (Å²) in [6, 6.07) is 8.67. The molecule has 45 heavy (non-hydrogen) atoms. The Labute approximate surface area is 272 Å². The van der Waals surface area contributed by atoms with E-state index in [1.165, 1.54) is 70.6 Å². The van der Waals surface area contributed by atoms with E-state index in [4.69, 9.17) is 14.0 Å². The highest BCUT2D eigenvalue weighted by molar-refractivity contribution is 7.53. The SMILES string of the molecule is CCCCCCCCCCCCCCCCNC(c1ccccc1)P(=O)(O)O[C@@H](C(=O)OCCCC)[C@@H](O)C(=O)OCCCC. The number of ether oxygens (including phenoxy) is 2. The van der Waals surface area contributed by atoms with Crippen LogP contribution in [-0.4, -0.2) is 53.9 Å². The Morgan fingerprint density at radius 1 is 0.689 bits per heavy atom. The smallest absolute Gasteiger partial charge is 0.350 e. The van der Waals surface area contributed by atoms with Gasteiger partial charge in [-0.2, -0.15) is 0 Å². The molecule has 3 N–H and O–H groups in total. The van der Waals surface area contributed by atoms with E-state index in [2.05, 4.69) is 12.2 Å². The molecule has 0 saturated carbocycles. The monoisotopic (exact) mass is 655 g/mol. The van der Waals surface area contributed by atoms with Gasteiger partial charge in [-0.15, -0.1) is 0 Å². The largest absolute Gasteiger partial charge is 0.464 e. The minimum absolute atomic E-state index is 0.0298. The molecule has 0 heterocycles. The summed E-state index contributed by atoms with van der Waals surface area (Å²) >= 11 is 0. The van der Waals surface area contributed by atoms with Gasteiger partial charge in [-0.1, -0.05) is 147 Å². The van der Waals surface area contributed by atoms with Gasteiger partial charge >= 0.3 is 19.5 Å². The van der Waals surface area contributed by atoms with Crippen molar-refractivity contribution in [1.82, 2.24) is 5.32 Å². The summed E-state index contributed by atoms with van der Waals surface area (Å²) in [5, 5.41) is 13.8. The van der Waals surface area contributed by atoms with Crippen molar-refractivity contribution in [2.75, 3.05) is 19.8 Å². The molecular formula is C35H62NO8P. The van der Waals surface area contributed by atoms with Gasteiger partial charge in [0.15, 0.2) is 6.10 Å². The molecule has 0 aliphatic rings. The highest BCUT2D eigenvalue weighted by Crippen LogP contribution is 2.56. The number of esters is 2. The Hall–Kier alpha value is -1.77. The van der Waals surface area contributed by atoms with Gasteiger partial charge in [-0.25, -0.2) is 9.59 Å².